The Labute approximate surface area is 115 Å². The zero-order valence-corrected chi connectivity index (χ0v) is 12.1. The van der Waals surface area contributed by atoms with Crippen molar-refractivity contribution in [1.82, 2.24) is 0 Å². The van der Waals surface area contributed by atoms with Crippen LogP contribution in [0.2, 0.25) is 0 Å². The molecule has 0 spiro atoms. The summed E-state index contributed by atoms with van der Waals surface area (Å²) in [6.45, 7) is 0. The summed E-state index contributed by atoms with van der Waals surface area (Å²) in [5, 5.41) is 2.78. The van der Waals surface area contributed by atoms with E-state index in [4.69, 9.17) is 0 Å². The van der Waals surface area contributed by atoms with Gasteiger partial charge in [-0.2, -0.15) is 0 Å². The van der Waals surface area contributed by atoms with E-state index in [-0.39, 0.29) is 29.8 Å². The first-order valence-electron chi connectivity index (χ1n) is 5.71. The van der Waals surface area contributed by atoms with Gasteiger partial charge in [0.2, 0.25) is 5.91 Å². The van der Waals surface area contributed by atoms with Crippen LogP contribution in [-0.2, 0) is 14.6 Å². The molecule has 0 radical (unpaired) electrons. The molecular weight excluding hydrogens is 318 g/mol. The van der Waals surface area contributed by atoms with Crippen LogP contribution < -0.4 is 5.32 Å². The maximum absolute atomic E-state index is 11.8. The fraction of sp³-hybridized carbons (Fsp3) is 0.417. The first-order valence-corrected chi connectivity index (χ1v) is 8.32. The SMILES string of the molecule is O=C(CC1CCS(=O)(=O)C1)Nc1ccccc1Br. The Balaban J connectivity index is 1.92. The summed E-state index contributed by atoms with van der Waals surface area (Å²) >= 11 is 3.34. The molecule has 0 aromatic heterocycles. The van der Waals surface area contributed by atoms with Gasteiger partial charge in [-0.05, 0) is 40.4 Å². The van der Waals surface area contributed by atoms with Crippen molar-refractivity contribution in [3.05, 3.63) is 28.7 Å². The third-order valence-electron chi connectivity index (χ3n) is 2.95. The standard InChI is InChI=1S/C12H14BrNO3S/c13-10-3-1-2-4-11(10)14-12(15)7-9-5-6-18(16,17)8-9/h1-4,9H,5-8H2,(H,14,15). The second kappa shape index (κ2) is 5.40. The van der Waals surface area contributed by atoms with Crippen molar-refractivity contribution < 1.29 is 13.2 Å². The van der Waals surface area contributed by atoms with Crippen LogP contribution in [0.1, 0.15) is 12.8 Å². The third kappa shape index (κ3) is 3.55. The number of anilines is 1. The van der Waals surface area contributed by atoms with E-state index >= 15 is 0 Å². The Bertz CT molecular complexity index is 556. The number of rotatable bonds is 3. The molecule has 0 saturated carbocycles. The number of carbonyl (C=O) groups excluding carboxylic acids is 1. The maximum Gasteiger partial charge on any atom is 0.224 e. The van der Waals surface area contributed by atoms with E-state index in [9.17, 15) is 13.2 Å². The van der Waals surface area contributed by atoms with E-state index in [2.05, 4.69) is 21.2 Å². The van der Waals surface area contributed by atoms with E-state index < -0.39 is 9.84 Å². The lowest BCUT2D eigenvalue weighted by Crippen LogP contribution is -2.17. The first kappa shape index (κ1) is 13.5. The number of amides is 1. The van der Waals surface area contributed by atoms with E-state index in [1.54, 1.807) is 6.07 Å². The van der Waals surface area contributed by atoms with Gasteiger partial charge in [0.05, 0.1) is 17.2 Å². The molecule has 1 atom stereocenters. The molecule has 1 aromatic carbocycles. The quantitative estimate of drug-likeness (QED) is 0.923. The fourth-order valence-electron chi connectivity index (χ4n) is 2.06. The van der Waals surface area contributed by atoms with E-state index in [0.29, 0.717) is 12.1 Å². The van der Waals surface area contributed by atoms with Crippen molar-refractivity contribution >= 4 is 37.4 Å². The van der Waals surface area contributed by atoms with E-state index in [1.807, 2.05) is 18.2 Å². The smallest absolute Gasteiger partial charge is 0.224 e. The summed E-state index contributed by atoms with van der Waals surface area (Å²) in [4.78, 5) is 11.8. The number of para-hydroxylation sites is 1. The van der Waals surface area contributed by atoms with E-state index in [0.717, 1.165) is 4.47 Å². The average Bonchev–Trinajstić information content (AvgIpc) is 2.61. The minimum atomic E-state index is -2.91. The molecule has 1 saturated heterocycles. The van der Waals surface area contributed by atoms with Crippen molar-refractivity contribution in [2.24, 2.45) is 5.92 Å². The number of hydrogen-bond donors (Lipinski definition) is 1. The summed E-state index contributed by atoms with van der Waals surface area (Å²) in [7, 11) is -2.91. The van der Waals surface area contributed by atoms with Gasteiger partial charge in [0, 0.05) is 10.9 Å². The largest absolute Gasteiger partial charge is 0.325 e. The molecule has 2 rings (SSSR count). The van der Waals surface area contributed by atoms with Crippen LogP contribution >= 0.6 is 15.9 Å². The van der Waals surface area contributed by atoms with Crippen LogP contribution in [0, 0.1) is 5.92 Å². The predicted molar refractivity (Wildman–Crippen MR) is 74.1 cm³/mol. The molecule has 1 heterocycles. The third-order valence-corrected chi connectivity index (χ3v) is 5.48. The van der Waals surface area contributed by atoms with Crippen molar-refractivity contribution in [2.45, 2.75) is 12.8 Å². The fourth-order valence-corrected chi connectivity index (χ4v) is 4.30. The molecule has 0 aliphatic carbocycles. The van der Waals surface area contributed by atoms with Crippen molar-refractivity contribution in [2.75, 3.05) is 16.8 Å². The number of sulfone groups is 1. The number of carbonyl (C=O) groups is 1. The number of nitrogens with one attached hydrogen (secondary N) is 1. The molecule has 98 valence electrons. The summed E-state index contributed by atoms with van der Waals surface area (Å²) in [5.41, 5.74) is 0.711. The maximum atomic E-state index is 11.8. The Morgan fingerprint density at radius 3 is 2.72 bits per heavy atom. The van der Waals surface area contributed by atoms with E-state index in [1.165, 1.54) is 0 Å². The van der Waals surface area contributed by atoms with Gasteiger partial charge >= 0.3 is 0 Å². The van der Waals surface area contributed by atoms with Crippen molar-refractivity contribution in [3.63, 3.8) is 0 Å². The Morgan fingerprint density at radius 2 is 2.11 bits per heavy atom. The first-order chi connectivity index (χ1) is 8.46. The molecule has 1 amide bonds. The minimum Gasteiger partial charge on any atom is -0.325 e. The highest BCUT2D eigenvalue weighted by Crippen LogP contribution is 2.24. The number of halogens is 1. The summed E-state index contributed by atoms with van der Waals surface area (Å²) in [6.07, 6.45) is 0.853. The zero-order chi connectivity index (χ0) is 13.2. The van der Waals surface area contributed by atoms with Crippen LogP contribution in [0.3, 0.4) is 0 Å². The Morgan fingerprint density at radius 1 is 1.39 bits per heavy atom. The van der Waals surface area contributed by atoms with Crippen LogP contribution in [0.25, 0.3) is 0 Å². The molecule has 4 nitrogen and oxygen atoms in total. The highest BCUT2D eigenvalue weighted by molar-refractivity contribution is 9.10. The van der Waals surface area contributed by atoms with Gasteiger partial charge in [0.1, 0.15) is 0 Å². The lowest BCUT2D eigenvalue weighted by Gasteiger charge is -2.09. The molecule has 1 fully saturated rings. The summed E-state index contributed by atoms with van der Waals surface area (Å²) in [5.74, 6) is 0.164. The molecule has 18 heavy (non-hydrogen) atoms. The second-order valence-electron chi connectivity index (χ2n) is 4.50. The monoisotopic (exact) mass is 331 g/mol. The van der Waals surface area contributed by atoms with Gasteiger partial charge < -0.3 is 5.32 Å². The van der Waals surface area contributed by atoms with Crippen LogP contribution in [-0.4, -0.2) is 25.8 Å². The summed E-state index contributed by atoms with van der Waals surface area (Å²) in [6, 6.07) is 7.34. The molecular formula is C12H14BrNO3S. The zero-order valence-electron chi connectivity index (χ0n) is 9.73. The normalized spacial score (nSPS) is 21.7. The molecule has 1 unspecified atom stereocenters. The van der Waals surface area contributed by atoms with Crippen molar-refractivity contribution in [3.8, 4) is 0 Å². The lowest BCUT2D eigenvalue weighted by atomic mass is 10.1. The molecule has 6 heteroatoms. The average molecular weight is 332 g/mol. The highest BCUT2D eigenvalue weighted by atomic mass is 79.9. The van der Waals surface area contributed by atoms with Gasteiger partial charge in [0.15, 0.2) is 9.84 Å². The highest BCUT2D eigenvalue weighted by Gasteiger charge is 2.29. The lowest BCUT2D eigenvalue weighted by molar-refractivity contribution is -0.116. The van der Waals surface area contributed by atoms with Crippen LogP contribution in [0.5, 0.6) is 0 Å². The number of benzene rings is 1. The van der Waals surface area contributed by atoms with Crippen LogP contribution in [0.15, 0.2) is 28.7 Å². The van der Waals surface area contributed by atoms with Crippen LogP contribution in [0.4, 0.5) is 5.69 Å². The molecule has 1 N–H and O–H groups in total. The van der Waals surface area contributed by atoms with Gasteiger partial charge in [-0.1, -0.05) is 12.1 Å². The Hall–Kier alpha value is -0.880. The minimum absolute atomic E-state index is 0.0440. The summed E-state index contributed by atoms with van der Waals surface area (Å²) < 4.78 is 23.4. The molecule has 0 bridgehead atoms. The number of hydrogen-bond acceptors (Lipinski definition) is 3. The molecule has 1 aromatic rings. The Kier molecular flexibility index (Phi) is 4.07. The predicted octanol–water partition coefficient (Wildman–Crippen LogP) is 2.21. The van der Waals surface area contributed by atoms with Gasteiger partial charge in [-0.25, -0.2) is 8.42 Å². The van der Waals surface area contributed by atoms with Gasteiger partial charge in [-0.15, -0.1) is 0 Å². The molecule has 1 aliphatic rings. The van der Waals surface area contributed by atoms with Gasteiger partial charge in [0.25, 0.3) is 0 Å². The second-order valence-corrected chi connectivity index (χ2v) is 7.58. The van der Waals surface area contributed by atoms with Crippen molar-refractivity contribution in [1.29, 1.82) is 0 Å². The van der Waals surface area contributed by atoms with Gasteiger partial charge in [-0.3, -0.25) is 4.79 Å². The molecule has 1 aliphatic heterocycles. The topological polar surface area (TPSA) is 63.2 Å².